The Labute approximate surface area is 107 Å². The van der Waals surface area contributed by atoms with Gasteiger partial charge in [0, 0.05) is 31.6 Å². The smallest absolute Gasteiger partial charge is 0.163 e. The Morgan fingerprint density at radius 2 is 2.06 bits per heavy atom. The maximum Gasteiger partial charge on any atom is 0.163 e. The fourth-order valence-corrected chi connectivity index (χ4v) is 2.69. The minimum absolute atomic E-state index is 0.261. The van der Waals surface area contributed by atoms with Crippen LogP contribution in [0.1, 0.15) is 35.2 Å². The standard InChI is InChI=1S/C15H18O3/c16-14(9-11-3-6-17-7-4-11)12-1-2-15-13(10-12)5-8-18-15/h1-2,10-11H,3-9H2. The van der Waals surface area contributed by atoms with Gasteiger partial charge in [0.25, 0.3) is 0 Å². The number of ether oxygens (including phenoxy) is 2. The highest BCUT2D eigenvalue weighted by Crippen LogP contribution is 2.27. The molecule has 2 aliphatic heterocycles. The lowest BCUT2D eigenvalue weighted by molar-refractivity contribution is 0.0601. The fourth-order valence-electron chi connectivity index (χ4n) is 2.69. The zero-order valence-corrected chi connectivity index (χ0v) is 10.5. The summed E-state index contributed by atoms with van der Waals surface area (Å²) in [7, 11) is 0. The quantitative estimate of drug-likeness (QED) is 0.769. The Hall–Kier alpha value is -1.35. The van der Waals surface area contributed by atoms with Crippen molar-refractivity contribution in [1.29, 1.82) is 0 Å². The van der Waals surface area contributed by atoms with E-state index < -0.39 is 0 Å². The number of hydrogen-bond donors (Lipinski definition) is 0. The zero-order chi connectivity index (χ0) is 12.4. The predicted octanol–water partition coefficient (Wildman–Crippen LogP) is 2.62. The summed E-state index contributed by atoms with van der Waals surface area (Å²) >= 11 is 0. The molecule has 0 saturated carbocycles. The number of carbonyl (C=O) groups excluding carboxylic acids is 1. The Bertz CT molecular complexity index is 447. The lowest BCUT2D eigenvalue weighted by Gasteiger charge is -2.21. The Balaban J connectivity index is 1.68. The van der Waals surface area contributed by atoms with Crippen LogP contribution in [0.3, 0.4) is 0 Å². The van der Waals surface area contributed by atoms with Crippen LogP contribution in [-0.2, 0) is 11.2 Å². The number of hydrogen-bond acceptors (Lipinski definition) is 3. The van der Waals surface area contributed by atoms with Crippen LogP contribution < -0.4 is 4.74 Å². The number of fused-ring (bicyclic) bond motifs is 1. The third kappa shape index (κ3) is 2.41. The van der Waals surface area contributed by atoms with Gasteiger partial charge in [-0.1, -0.05) is 0 Å². The summed E-state index contributed by atoms with van der Waals surface area (Å²) in [6.45, 7) is 2.35. The molecule has 1 saturated heterocycles. The van der Waals surface area contributed by atoms with Gasteiger partial charge in [-0.05, 0) is 42.5 Å². The number of carbonyl (C=O) groups is 1. The molecule has 3 rings (SSSR count). The van der Waals surface area contributed by atoms with Crippen LogP contribution >= 0.6 is 0 Å². The molecule has 18 heavy (non-hydrogen) atoms. The first kappa shape index (κ1) is 11.7. The number of benzene rings is 1. The first-order chi connectivity index (χ1) is 8.83. The van der Waals surface area contributed by atoms with Crippen LogP contribution in [0.4, 0.5) is 0 Å². The highest BCUT2D eigenvalue weighted by Gasteiger charge is 2.20. The van der Waals surface area contributed by atoms with E-state index in [-0.39, 0.29) is 5.78 Å². The van der Waals surface area contributed by atoms with E-state index in [9.17, 15) is 4.79 Å². The molecule has 96 valence electrons. The lowest BCUT2D eigenvalue weighted by atomic mass is 9.91. The molecule has 1 fully saturated rings. The van der Waals surface area contributed by atoms with Crippen molar-refractivity contribution >= 4 is 5.78 Å². The fraction of sp³-hybridized carbons (Fsp3) is 0.533. The van der Waals surface area contributed by atoms with Crippen molar-refractivity contribution in [3.05, 3.63) is 29.3 Å². The molecule has 0 unspecified atom stereocenters. The average Bonchev–Trinajstić information content (AvgIpc) is 2.87. The Morgan fingerprint density at radius 3 is 2.89 bits per heavy atom. The van der Waals surface area contributed by atoms with Gasteiger partial charge in [-0.3, -0.25) is 4.79 Å². The Morgan fingerprint density at radius 1 is 1.22 bits per heavy atom. The molecule has 0 N–H and O–H groups in total. The maximum atomic E-state index is 12.2. The van der Waals surface area contributed by atoms with Crippen molar-refractivity contribution in [2.75, 3.05) is 19.8 Å². The first-order valence-electron chi connectivity index (χ1n) is 6.69. The molecule has 0 spiro atoms. The molecule has 0 amide bonds. The van der Waals surface area contributed by atoms with Gasteiger partial charge >= 0.3 is 0 Å². The second-order valence-electron chi connectivity index (χ2n) is 5.10. The maximum absolute atomic E-state index is 12.2. The van der Waals surface area contributed by atoms with E-state index in [0.717, 1.165) is 50.4 Å². The van der Waals surface area contributed by atoms with Gasteiger partial charge in [-0.2, -0.15) is 0 Å². The second-order valence-corrected chi connectivity index (χ2v) is 5.10. The number of rotatable bonds is 3. The first-order valence-corrected chi connectivity index (χ1v) is 6.69. The lowest BCUT2D eigenvalue weighted by Crippen LogP contribution is -2.18. The van der Waals surface area contributed by atoms with Crippen molar-refractivity contribution in [1.82, 2.24) is 0 Å². The van der Waals surface area contributed by atoms with E-state index in [0.29, 0.717) is 12.3 Å². The van der Waals surface area contributed by atoms with Crippen LogP contribution in [0.15, 0.2) is 18.2 Å². The molecule has 0 radical (unpaired) electrons. The van der Waals surface area contributed by atoms with Crippen molar-refractivity contribution in [3.8, 4) is 5.75 Å². The van der Waals surface area contributed by atoms with Crippen LogP contribution in [0, 0.1) is 5.92 Å². The number of Topliss-reactive ketones (excluding diaryl/α,β-unsaturated/α-hetero) is 1. The molecule has 0 bridgehead atoms. The molecule has 3 nitrogen and oxygen atoms in total. The van der Waals surface area contributed by atoms with E-state index in [4.69, 9.17) is 9.47 Å². The number of ketones is 1. The molecule has 0 aliphatic carbocycles. The molecular formula is C15H18O3. The molecule has 2 aliphatic rings. The van der Waals surface area contributed by atoms with E-state index in [2.05, 4.69) is 0 Å². The topological polar surface area (TPSA) is 35.5 Å². The molecular weight excluding hydrogens is 228 g/mol. The average molecular weight is 246 g/mol. The zero-order valence-electron chi connectivity index (χ0n) is 10.5. The van der Waals surface area contributed by atoms with E-state index in [1.165, 1.54) is 5.56 Å². The SMILES string of the molecule is O=C(CC1CCOCC1)c1ccc2c(c1)CCO2. The van der Waals surface area contributed by atoms with Crippen molar-refractivity contribution < 1.29 is 14.3 Å². The predicted molar refractivity (Wildman–Crippen MR) is 68.1 cm³/mol. The molecule has 0 atom stereocenters. The summed E-state index contributed by atoms with van der Waals surface area (Å²) in [4.78, 5) is 12.2. The summed E-state index contributed by atoms with van der Waals surface area (Å²) in [5, 5.41) is 0. The third-order valence-corrected chi connectivity index (χ3v) is 3.83. The second kappa shape index (κ2) is 5.11. The van der Waals surface area contributed by atoms with Gasteiger partial charge in [-0.25, -0.2) is 0 Å². The van der Waals surface area contributed by atoms with Gasteiger partial charge in [0.2, 0.25) is 0 Å². The van der Waals surface area contributed by atoms with Crippen LogP contribution in [-0.4, -0.2) is 25.6 Å². The molecule has 0 aromatic heterocycles. The van der Waals surface area contributed by atoms with Crippen LogP contribution in [0.5, 0.6) is 5.75 Å². The highest BCUT2D eigenvalue weighted by molar-refractivity contribution is 5.96. The Kier molecular flexibility index (Phi) is 3.33. The molecule has 1 aromatic carbocycles. The van der Waals surface area contributed by atoms with Crippen molar-refractivity contribution in [3.63, 3.8) is 0 Å². The van der Waals surface area contributed by atoms with Gasteiger partial charge in [-0.15, -0.1) is 0 Å². The van der Waals surface area contributed by atoms with Gasteiger partial charge in [0.05, 0.1) is 6.61 Å². The normalized spacial score (nSPS) is 19.3. The van der Waals surface area contributed by atoms with E-state index in [1.54, 1.807) is 0 Å². The summed E-state index contributed by atoms with van der Waals surface area (Å²) in [5.41, 5.74) is 2.01. The summed E-state index contributed by atoms with van der Waals surface area (Å²) in [6, 6.07) is 5.83. The summed E-state index contributed by atoms with van der Waals surface area (Å²) < 4.78 is 10.8. The minimum atomic E-state index is 0.261. The van der Waals surface area contributed by atoms with Crippen molar-refractivity contribution in [2.45, 2.75) is 25.7 Å². The van der Waals surface area contributed by atoms with E-state index in [1.807, 2.05) is 18.2 Å². The van der Waals surface area contributed by atoms with Gasteiger partial charge in [0.1, 0.15) is 5.75 Å². The highest BCUT2D eigenvalue weighted by atomic mass is 16.5. The minimum Gasteiger partial charge on any atom is -0.493 e. The van der Waals surface area contributed by atoms with E-state index >= 15 is 0 Å². The van der Waals surface area contributed by atoms with Crippen LogP contribution in [0.25, 0.3) is 0 Å². The van der Waals surface area contributed by atoms with Gasteiger partial charge < -0.3 is 9.47 Å². The molecule has 1 aromatic rings. The summed E-state index contributed by atoms with van der Waals surface area (Å²) in [5.74, 6) is 1.70. The van der Waals surface area contributed by atoms with Gasteiger partial charge in [0.15, 0.2) is 5.78 Å². The summed E-state index contributed by atoms with van der Waals surface area (Å²) in [6.07, 6.45) is 3.61. The monoisotopic (exact) mass is 246 g/mol. The largest absolute Gasteiger partial charge is 0.493 e. The molecule has 3 heteroatoms. The van der Waals surface area contributed by atoms with Crippen molar-refractivity contribution in [2.24, 2.45) is 5.92 Å². The third-order valence-electron chi connectivity index (χ3n) is 3.83. The van der Waals surface area contributed by atoms with Crippen LogP contribution in [0.2, 0.25) is 0 Å². The molecule has 2 heterocycles.